The van der Waals surface area contributed by atoms with Crippen molar-refractivity contribution in [2.24, 2.45) is 0 Å². The maximum absolute atomic E-state index is 12.1. The number of alkyl halides is 2. The molecule has 0 radical (unpaired) electrons. The van der Waals surface area contributed by atoms with Gasteiger partial charge in [0, 0.05) is 5.56 Å². The predicted molar refractivity (Wildman–Crippen MR) is 93.0 cm³/mol. The Labute approximate surface area is 159 Å². The van der Waals surface area contributed by atoms with Gasteiger partial charge in [0.1, 0.15) is 11.5 Å². The van der Waals surface area contributed by atoms with Gasteiger partial charge < -0.3 is 14.2 Å². The SMILES string of the molecule is C[C@H](Oc1ccccc1)C(=O)OCC(=O)NC(=O)c1ccc(OC(F)F)cc1. The van der Waals surface area contributed by atoms with Crippen LogP contribution in [0, 0.1) is 0 Å². The molecular weight excluding hydrogens is 376 g/mol. The van der Waals surface area contributed by atoms with E-state index in [4.69, 9.17) is 9.47 Å². The van der Waals surface area contributed by atoms with E-state index in [1.54, 1.807) is 30.3 Å². The quantitative estimate of drug-likeness (QED) is 0.693. The zero-order chi connectivity index (χ0) is 20.5. The number of para-hydroxylation sites is 1. The summed E-state index contributed by atoms with van der Waals surface area (Å²) in [5.74, 6) is -2.07. The van der Waals surface area contributed by atoms with Gasteiger partial charge in [-0.15, -0.1) is 0 Å². The van der Waals surface area contributed by atoms with Crippen molar-refractivity contribution in [1.29, 1.82) is 0 Å². The Morgan fingerprint density at radius 3 is 2.14 bits per heavy atom. The van der Waals surface area contributed by atoms with Crippen molar-refractivity contribution in [3.63, 3.8) is 0 Å². The molecule has 0 unspecified atom stereocenters. The largest absolute Gasteiger partial charge is 0.479 e. The smallest absolute Gasteiger partial charge is 0.387 e. The Kier molecular flexibility index (Phi) is 7.44. The van der Waals surface area contributed by atoms with Crippen LogP contribution in [0.4, 0.5) is 8.78 Å². The van der Waals surface area contributed by atoms with E-state index in [0.717, 1.165) is 12.1 Å². The van der Waals surface area contributed by atoms with Gasteiger partial charge in [0.25, 0.3) is 11.8 Å². The Morgan fingerprint density at radius 1 is 0.929 bits per heavy atom. The molecule has 0 fully saturated rings. The zero-order valence-electron chi connectivity index (χ0n) is 14.8. The van der Waals surface area contributed by atoms with Gasteiger partial charge in [0.2, 0.25) is 0 Å². The van der Waals surface area contributed by atoms with Gasteiger partial charge in [0.05, 0.1) is 0 Å². The van der Waals surface area contributed by atoms with Gasteiger partial charge in [-0.1, -0.05) is 18.2 Å². The number of halogens is 2. The second kappa shape index (κ2) is 10.0. The lowest BCUT2D eigenvalue weighted by molar-refractivity contribution is -0.154. The first kappa shape index (κ1) is 20.8. The van der Waals surface area contributed by atoms with E-state index < -0.39 is 37.1 Å². The lowest BCUT2D eigenvalue weighted by Crippen LogP contribution is -2.36. The van der Waals surface area contributed by atoms with Gasteiger partial charge >= 0.3 is 12.6 Å². The minimum atomic E-state index is -2.98. The molecule has 0 spiro atoms. The van der Waals surface area contributed by atoms with Crippen LogP contribution in [0.5, 0.6) is 11.5 Å². The molecule has 0 saturated heterocycles. The molecule has 0 aromatic heterocycles. The molecule has 0 saturated carbocycles. The third-order valence-corrected chi connectivity index (χ3v) is 3.33. The molecular formula is C19H17F2NO6. The van der Waals surface area contributed by atoms with Crippen LogP contribution in [0.25, 0.3) is 0 Å². The number of rotatable bonds is 8. The lowest BCUT2D eigenvalue weighted by atomic mass is 10.2. The number of ether oxygens (including phenoxy) is 3. The second-order valence-corrected chi connectivity index (χ2v) is 5.46. The zero-order valence-corrected chi connectivity index (χ0v) is 14.8. The summed E-state index contributed by atoms with van der Waals surface area (Å²) in [5, 5.41) is 2.02. The Bertz CT molecular complexity index is 811. The van der Waals surface area contributed by atoms with Gasteiger partial charge in [-0.05, 0) is 43.3 Å². The van der Waals surface area contributed by atoms with Crippen LogP contribution in [0.1, 0.15) is 17.3 Å². The number of carbonyl (C=O) groups excluding carboxylic acids is 3. The van der Waals surface area contributed by atoms with Crippen LogP contribution in [0.2, 0.25) is 0 Å². The van der Waals surface area contributed by atoms with E-state index in [1.807, 2.05) is 5.32 Å². The highest BCUT2D eigenvalue weighted by Gasteiger charge is 2.19. The maximum atomic E-state index is 12.1. The fraction of sp³-hybridized carbons (Fsp3) is 0.211. The van der Waals surface area contributed by atoms with Gasteiger partial charge in [-0.2, -0.15) is 8.78 Å². The molecule has 2 amide bonds. The number of hydrogen-bond donors (Lipinski definition) is 1. The van der Waals surface area contributed by atoms with Crippen LogP contribution in [0.15, 0.2) is 54.6 Å². The summed E-state index contributed by atoms with van der Waals surface area (Å²) < 4.78 is 38.5. The van der Waals surface area contributed by atoms with Crippen LogP contribution >= 0.6 is 0 Å². The molecule has 2 aromatic rings. The van der Waals surface area contributed by atoms with E-state index >= 15 is 0 Å². The first-order valence-corrected chi connectivity index (χ1v) is 8.12. The summed E-state index contributed by atoms with van der Waals surface area (Å²) in [7, 11) is 0. The molecule has 0 heterocycles. The monoisotopic (exact) mass is 393 g/mol. The van der Waals surface area contributed by atoms with Crippen molar-refractivity contribution in [1.82, 2.24) is 5.32 Å². The normalized spacial score (nSPS) is 11.4. The number of esters is 1. The maximum Gasteiger partial charge on any atom is 0.387 e. The van der Waals surface area contributed by atoms with Crippen molar-refractivity contribution in [2.45, 2.75) is 19.6 Å². The number of imide groups is 1. The standard InChI is InChI=1S/C19H17F2NO6/c1-12(27-14-5-3-2-4-6-14)18(25)26-11-16(23)22-17(24)13-7-9-15(10-8-13)28-19(20)21/h2-10,12,19H,11H2,1H3,(H,22,23,24)/t12-/m0/s1. The highest BCUT2D eigenvalue weighted by molar-refractivity contribution is 6.05. The fourth-order valence-electron chi connectivity index (χ4n) is 2.03. The van der Waals surface area contributed by atoms with Crippen molar-refractivity contribution in [2.75, 3.05) is 6.61 Å². The van der Waals surface area contributed by atoms with Gasteiger partial charge in [-0.3, -0.25) is 14.9 Å². The van der Waals surface area contributed by atoms with Crippen LogP contribution in [0.3, 0.4) is 0 Å². The molecule has 0 aliphatic carbocycles. The van der Waals surface area contributed by atoms with Crippen LogP contribution in [-0.4, -0.2) is 37.1 Å². The average molecular weight is 393 g/mol. The van der Waals surface area contributed by atoms with E-state index in [2.05, 4.69) is 4.74 Å². The second-order valence-electron chi connectivity index (χ2n) is 5.46. The minimum absolute atomic E-state index is 0.0436. The van der Waals surface area contributed by atoms with Crippen LogP contribution in [-0.2, 0) is 14.3 Å². The lowest BCUT2D eigenvalue weighted by Gasteiger charge is -2.13. The average Bonchev–Trinajstić information content (AvgIpc) is 2.67. The highest BCUT2D eigenvalue weighted by Crippen LogP contribution is 2.15. The Balaban J connectivity index is 1.78. The van der Waals surface area contributed by atoms with E-state index in [-0.39, 0.29) is 11.3 Å². The fourth-order valence-corrected chi connectivity index (χ4v) is 2.03. The summed E-state index contributed by atoms with van der Waals surface area (Å²) in [6.45, 7) is -2.20. The van der Waals surface area contributed by atoms with Crippen molar-refractivity contribution in [3.8, 4) is 11.5 Å². The summed E-state index contributed by atoms with van der Waals surface area (Å²) in [6.07, 6.45) is -0.951. The molecule has 1 atom stereocenters. The van der Waals surface area contributed by atoms with E-state index in [9.17, 15) is 23.2 Å². The molecule has 28 heavy (non-hydrogen) atoms. The Morgan fingerprint density at radius 2 is 1.54 bits per heavy atom. The first-order chi connectivity index (χ1) is 13.3. The molecule has 1 N–H and O–H groups in total. The molecule has 0 aliphatic heterocycles. The first-order valence-electron chi connectivity index (χ1n) is 8.12. The van der Waals surface area contributed by atoms with Crippen LogP contribution < -0.4 is 14.8 Å². The summed E-state index contributed by atoms with van der Waals surface area (Å²) in [5.41, 5.74) is 0.0436. The Hall–Kier alpha value is -3.49. The van der Waals surface area contributed by atoms with Crippen molar-refractivity contribution >= 4 is 17.8 Å². The molecule has 0 aliphatic rings. The minimum Gasteiger partial charge on any atom is -0.479 e. The molecule has 2 rings (SSSR count). The van der Waals surface area contributed by atoms with Gasteiger partial charge in [0.15, 0.2) is 12.7 Å². The third kappa shape index (κ3) is 6.67. The van der Waals surface area contributed by atoms with E-state index in [1.165, 1.54) is 19.1 Å². The number of carbonyl (C=O) groups is 3. The predicted octanol–water partition coefficient (Wildman–Crippen LogP) is 2.56. The number of benzene rings is 2. The molecule has 0 bridgehead atoms. The highest BCUT2D eigenvalue weighted by atomic mass is 19.3. The molecule has 9 heteroatoms. The summed E-state index contributed by atoms with van der Waals surface area (Å²) in [4.78, 5) is 35.5. The number of amides is 2. The molecule has 7 nitrogen and oxygen atoms in total. The molecule has 2 aromatic carbocycles. The summed E-state index contributed by atoms with van der Waals surface area (Å²) in [6, 6.07) is 13.3. The number of nitrogens with one attached hydrogen (secondary N) is 1. The van der Waals surface area contributed by atoms with E-state index in [0.29, 0.717) is 5.75 Å². The van der Waals surface area contributed by atoms with Gasteiger partial charge in [-0.25, -0.2) is 4.79 Å². The third-order valence-electron chi connectivity index (χ3n) is 3.33. The van der Waals surface area contributed by atoms with Crippen molar-refractivity contribution < 1.29 is 37.4 Å². The van der Waals surface area contributed by atoms with Crippen molar-refractivity contribution in [3.05, 3.63) is 60.2 Å². The topological polar surface area (TPSA) is 90.9 Å². The molecule has 148 valence electrons. The summed E-state index contributed by atoms with van der Waals surface area (Å²) >= 11 is 0. The number of hydrogen-bond acceptors (Lipinski definition) is 6.